The monoisotopic (exact) mass is 298 g/mol. The minimum absolute atomic E-state index is 0. The Balaban J connectivity index is 0.00000242. The second kappa shape index (κ2) is 8.27. The van der Waals surface area contributed by atoms with Crippen LogP contribution >= 0.6 is 0 Å². The molecular formula is C18H23BO3. The van der Waals surface area contributed by atoms with E-state index in [0.717, 1.165) is 5.56 Å². The second-order valence-corrected chi connectivity index (χ2v) is 5.16. The highest BCUT2D eigenvalue weighted by Crippen LogP contribution is 2.22. The Morgan fingerprint density at radius 1 is 1.00 bits per heavy atom. The molecule has 1 unspecified atom stereocenters. The molecule has 0 spiro atoms. The van der Waals surface area contributed by atoms with Gasteiger partial charge in [0.1, 0.15) is 5.75 Å². The molecule has 0 aliphatic carbocycles. The van der Waals surface area contributed by atoms with E-state index in [1.807, 2.05) is 54.6 Å². The lowest BCUT2D eigenvalue weighted by molar-refractivity contribution is -0.149. The number of carbonyl (C=O) groups excluding carboxylic acids is 1. The summed E-state index contributed by atoms with van der Waals surface area (Å²) in [6.45, 7) is 4.73. The van der Waals surface area contributed by atoms with Crippen molar-refractivity contribution >= 4 is 18.1 Å². The minimum Gasteiger partial charge on any atom is -0.474 e. The SMILES string of the molecule is C.COC(=O)C(Oc1ccc(B(C)C)cc1)c1ccccc1. The smallest absolute Gasteiger partial charge is 0.351 e. The van der Waals surface area contributed by atoms with E-state index in [4.69, 9.17) is 9.47 Å². The van der Waals surface area contributed by atoms with Crippen LogP contribution in [0.2, 0.25) is 13.6 Å². The van der Waals surface area contributed by atoms with Gasteiger partial charge in [-0.25, -0.2) is 4.79 Å². The first kappa shape index (κ1) is 17.8. The fourth-order valence-electron chi connectivity index (χ4n) is 2.05. The first-order chi connectivity index (χ1) is 10.1. The zero-order chi connectivity index (χ0) is 15.2. The number of hydrogen-bond donors (Lipinski definition) is 0. The minimum atomic E-state index is -0.749. The highest BCUT2D eigenvalue weighted by Gasteiger charge is 2.23. The first-order valence-corrected chi connectivity index (χ1v) is 7.01. The summed E-state index contributed by atoms with van der Waals surface area (Å²) in [5.74, 6) is 0.243. The van der Waals surface area contributed by atoms with Gasteiger partial charge >= 0.3 is 5.97 Å². The van der Waals surface area contributed by atoms with E-state index in [1.54, 1.807) is 0 Å². The third-order valence-electron chi connectivity index (χ3n) is 3.32. The van der Waals surface area contributed by atoms with Crippen molar-refractivity contribution in [2.75, 3.05) is 7.11 Å². The molecule has 0 aromatic heterocycles. The molecule has 0 amide bonds. The second-order valence-electron chi connectivity index (χ2n) is 5.16. The van der Waals surface area contributed by atoms with Crippen LogP contribution in [0.15, 0.2) is 54.6 Å². The molecular weight excluding hydrogens is 275 g/mol. The van der Waals surface area contributed by atoms with Crippen molar-refractivity contribution < 1.29 is 14.3 Å². The Labute approximate surface area is 133 Å². The van der Waals surface area contributed by atoms with Crippen LogP contribution in [0.1, 0.15) is 19.1 Å². The highest BCUT2D eigenvalue weighted by molar-refractivity contribution is 6.70. The first-order valence-electron chi connectivity index (χ1n) is 7.01. The van der Waals surface area contributed by atoms with Crippen LogP contribution in [0.3, 0.4) is 0 Å². The Bertz CT molecular complexity index is 579. The lowest BCUT2D eigenvalue weighted by Gasteiger charge is -2.17. The van der Waals surface area contributed by atoms with Crippen LogP contribution < -0.4 is 10.2 Å². The number of carbonyl (C=O) groups is 1. The fraction of sp³-hybridized carbons (Fsp3) is 0.278. The van der Waals surface area contributed by atoms with Gasteiger partial charge in [-0.05, 0) is 12.1 Å². The molecule has 0 N–H and O–H groups in total. The van der Waals surface area contributed by atoms with Gasteiger partial charge < -0.3 is 9.47 Å². The molecule has 2 rings (SSSR count). The number of benzene rings is 2. The van der Waals surface area contributed by atoms with Crippen molar-refractivity contribution in [3.63, 3.8) is 0 Å². The van der Waals surface area contributed by atoms with Crippen molar-refractivity contribution in [3.05, 3.63) is 60.2 Å². The van der Waals surface area contributed by atoms with E-state index < -0.39 is 12.1 Å². The Morgan fingerprint density at radius 2 is 1.59 bits per heavy atom. The zero-order valence-corrected chi connectivity index (χ0v) is 12.6. The van der Waals surface area contributed by atoms with Crippen LogP contribution in [0, 0.1) is 0 Å². The van der Waals surface area contributed by atoms with Crippen molar-refractivity contribution in [1.29, 1.82) is 0 Å². The molecule has 3 nitrogen and oxygen atoms in total. The van der Waals surface area contributed by atoms with Crippen LogP contribution in [-0.4, -0.2) is 19.8 Å². The molecule has 0 saturated carbocycles. The predicted molar refractivity (Wildman–Crippen MR) is 92.1 cm³/mol. The summed E-state index contributed by atoms with van der Waals surface area (Å²) in [4.78, 5) is 11.9. The number of ether oxygens (including phenoxy) is 2. The molecule has 4 heteroatoms. The van der Waals surface area contributed by atoms with E-state index in [1.165, 1.54) is 12.6 Å². The Kier molecular flexibility index (Phi) is 6.70. The lowest BCUT2D eigenvalue weighted by atomic mass is 9.49. The molecule has 2 aromatic rings. The summed E-state index contributed by atoms with van der Waals surface area (Å²) >= 11 is 0. The Morgan fingerprint density at radius 3 is 2.09 bits per heavy atom. The van der Waals surface area contributed by atoms with Crippen molar-refractivity contribution in [3.8, 4) is 5.75 Å². The number of methoxy groups -OCH3 is 1. The maximum atomic E-state index is 11.9. The molecule has 1 atom stereocenters. The van der Waals surface area contributed by atoms with Gasteiger partial charge in [0.15, 0.2) is 6.71 Å². The van der Waals surface area contributed by atoms with Gasteiger partial charge in [-0.15, -0.1) is 0 Å². The maximum Gasteiger partial charge on any atom is 0.351 e. The third kappa shape index (κ3) is 4.38. The highest BCUT2D eigenvalue weighted by atomic mass is 16.6. The van der Waals surface area contributed by atoms with Crippen molar-refractivity contribution in [2.45, 2.75) is 27.2 Å². The van der Waals surface area contributed by atoms with Crippen molar-refractivity contribution in [1.82, 2.24) is 0 Å². The molecule has 0 bridgehead atoms. The topological polar surface area (TPSA) is 35.5 Å². The van der Waals surface area contributed by atoms with Gasteiger partial charge in [-0.1, -0.05) is 69.0 Å². The predicted octanol–water partition coefficient (Wildman–Crippen LogP) is 3.58. The molecule has 0 saturated heterocycles. The summed E-state index contributed by atoms with van der Waals surface area (Å²) in [6.07, 6.45) is -0.749. The maximum absolute atomic E-state index is 11.9. The number of rotatable bonds is 5. The molecule has 0 fully saturated rings. The van der Waals surface area contributed by atoms with Gasteiger partial charge in [-0.3, -0.25) is 0 Å². The van der Waals surface area contributed by atoms with Gasteiger partial charge in [0.05, 0.1) is 7.11 Å². The largest absolute Gasteiger partial charge is 0.474 e. The van der Waals surface area contributed by atoms with E-state index in [9.17, 15) is 4.79 Å². The zero-order valence-electron chi connectivity index (χ0n) is 12.6. The van der Waals surface area contributed by atoms with Crippen LogP contribution in [0.5, 0.6) is 5.75 Å². The Hall–Kier alpha value is -2.23. The quantitative estimate of drug-likeness (QED) is 0.625. The number of esters is 1. The van der Waals surface area contributed by atoms with Gasteiger partial charge in [0.2, 0.25) is 6.10 Å². The molecule has 0 heterocycles. The summed E-state index contributed by atoms with van der Waals surface area (Å²) in [7, 11) is 1.36. The van der Waals surface area contributed by atoms with Crippen LogP contribution in [0.25, 0.3) is 0 Å². The standard InChI is InChI=1S/C17H19BO3.CH4/c1-18(2)14-9-11-15(12-10-14)21-16(17(19)20-3)13-7-5-4-6-8-13;/h4-12,16H,1-3H3;1H4. The normalized spacial score (nSPS) is 11.0. The van der Waals surface area contributed by atoms with E-state index in [2.05, 4.69) is 13.6 Å². The fourth-order valence-corrected chi connectivity index (χ4v) is 2.05. The average molecular weight is 298 g/mol. The van der Waals surface area contributed by atoms with E-state index in [0.29, 0.717) is 12.5 Å². The summed E-state index contributed by atoms with van der Waals surface area (Å²) in [6, 6.07) is 17.1. The average Bonchev–Trinajstić information content (AvgIpc) is 2.53. The summed E-state index contributed by atoms with van der Waals surface area (Å²) in [5, 5.41) is 0. The molecule has 22 heavy (non-hydrogen) atoms. The number of hydrogen-bond acceptors (Lipinski definition) is 3. The molecule has 2 aromatic carbocycles. The van der Waals surface area contributed by atoms with Gasteiger partial charge in [0.25, 0.3) is 0 Å². The molecule has 116 valence electrons. The van der Waals surface area contributed by atoms with Crippen LogP contribution in [0.4, 0.5) is 0 Å². The summed E-state index contributed by atoms with van der Waals surface area (Å²) in [5.41, 5.74) is 2.01. The van der Waals surface area contributed by atoms with Gasteiger partial charge in [-0.2, -0.15) is 0 Å². The van der Waals surface area contributed by atoms with E-state index in [-0.39, 0.29) is 7.43 Å². The lowest BCUT2D eigenvalue weighted by Crippen LogP contribution is -2.23. The van der Waals surface area contributed by atoms with E-state index >= 15 is 0 Å². The third-order valence-corrected chi connectivity index (χ3v) is 3.32. The molecule has 0 aliphatic heterocycles. The molecule has 0 aliphatic rings. The van der Waals surface area contributed by atoms with Gasteiger partial charge in [0, 0.05) is 5.56 Å². The van der Waals surface area contributed by atoms with Crippen LogP contribution in [-0.2, 0) is 9.53 Å². The molecule has 0 radical (unpaired) electrons. The van der Waals surface area contributed by atoms with Crippen molar-refractivity contribution in [2.24, 2.45) is 0 Å². The summed E-state index contributed by atoms with van der Waals surface area (Å²) < 4.78 is 10.7.